The third-order valence-electron chi connectivity index (χ3n) is 3.39. The number of methoxy groups -OCH3 is 1. The number of nitrogens with zero attached hydrogens (tertiary/aromatic N) is 1. The number of ether oxygens (including phenoxy) is 1. The maximum absolute atomic E-state index is 9.74. The summed E-state index contributed by atoms with van der Waals surface area (Å²) < 4.78 is 5.12. The number of aromatic hydroxyl groups is 1. The van der Waals surface area contributed by atoms with Crippen LogP contribution in [-0.4, -0.2) is 30.7 Å². The molecule has 0 aromatic heterocycles. The number of phenolic OH excluding ortho intramolecular Hbond substituents is 1. The van der Waals surface area contributed by atoms with E-state index in [-0.39, 0.29) is 5.75 Å². The lowest BCUT2D eigenvalue weighted by Gasteiger charge is -2.18. The smallest absolute Gasteiger partial charge is 0.176 e. The van der Waals surface area contributed by atoms with Crippen LogP contribution in [0.2, 0.25) is 5.02 Å². The summed E-state index contributed by atoms with van der Waals surface area (Å²) in [6.07, 6.45) is 1.00. The van der Waals surface area contributed by atoms with Gasteiger partial charge in [0.15, 0.2) is 11.5 Å². The molecule has 0 aliphatic rings. The monoisotopic (exact) mass is 305 g/mol. The molecular formula is C17H20ClNO2. The Hall–Kier alpha value is -1.71. The predicted molar refractivity (Wildman–Crippen MR) is 86.1 cm³/mol. The van der Waals surface area contributed by atoms with Gasteiger partial charge in [-0.1, -0.05) is 41.9 Å². The molecular weight excluding hydrogens is 286 g/mol. The normalized spacial score (nSPS) is 10.9. The lowest BCUT2D eigenvalue weighted by Crippen LogP contribution is -2.20. The van der Waals surface area contributed by atoms with Crippen LogP contribution in [0.25, 0.3) is 0 Å². The molecule has 21 heavy (non-hydrogen) atoms. The standard InChI is InChI=1S/C17H20ClNO2/c1-19(9-8-13-6-4-3-5-7-13)12-14-10-15(18)17(20)16(11-14)21-2/h3-7,10-11,20H,8-9,12H2,1-2H3. The summed E-state index contributed by atoms with van der Waals surface area (Å²) in [6.45, 7) is 1.70. The second kappa shape index (κ2) is 7.34. The van der Waals surface area contributed by atoms with E-state index >= 15 is 0 Å². The Morgan fingerprint density at radius 2 is 1.86 bits per heavy atom. The maximum Gasteiger partial charge on any atom is 0.176 e. The topological polar surface area (TPSA) is 32.7 Å². The first-order valence-electron chi connectivity index (χ1n) is 6.88. The fourth-order valence-corrected chi connectivity index (χ4v) is 2.46. The molecule has 0 fully saturated rings. The summed E-state index contributed by atoms with van der Waals surface area (Å²) in [7, 11) is 3.59. The molecule has 3 nitrogen and oxygen atoms in total. The highest BCUT2D eigenvalue weighted by molar-refractivity contribution is 6.32. The minimum absolute atomic E-state index is 0.00476. The van der Waals surface area contributed by atoms with Gasteiger partial charge in [0.2, 0.25) is 0 Å². The van der Waals surface area contributed by atoms with Gasteiger partial charge in [0.1, 0.15) is 0 Å². The molecule has 0 heterocycles. The van der Waals surface area contributed by atoms with Gasteiger partial charge in [0.25, 0.3) is 0 Å². The number of rotatable bonds is 6. The van der Waals surface area contributed by atoms with Crippen molar-refractivity contribution in [1.29, 1.82) is 0 Å². The van der Waals surface area contributed by atoms with Gasteiger partial charge in [-0.15, -0.1) is 0 Å². The van der Waals surface area contributed by atoms with Gasteiger partial charge in [0.05, 0.1) is 12.1 Å². The van der Waals surface area contributed by atoms with Crippen LogP contribution < -0.4 is 4.74 Å². The van der Waals surface area contributed by atoms with Crippen LogP contribution in [0, 0.1) is 0 Å². The van der Waals surface area contributed by atoms with Gasteiger partial charge in [-0.05, 0) is 36.7 Å². The molecule has 0 radical (unpaired) electrons. The van der Waals surface area contributed by atoms with Crippen molar-refractivity contribution in [2.24, 2.45) is 0 Å². The molecule has 0 saturated heterocycles. The van der Waals surface area contributed by atoms with Crippen molar-refractivity contribution in [2.45, 2.75) is 13.0 Å². The Kier molecular flexibility index (Phi) is 5.48. The van der Waals surface area contributed by atoms with Gasteiger partial charge in [-0.3, -0.25) is 0 Å². The third kappa shape index (κ3) is 4.38. The van der Waals surface area contributed by atoms with Crippen molar-refractivity contribution >= 4 is 11.6 Å². The zero-order chi connectivity index (χ0) is 15.2. The Bertz CT molecular complexity index is 587. The number of phenols is 1. The van der Waals surface area contributed by atoms with Gasteiger partial charge >= 0.3 is 0 Å². The number of halogens is 1. The van der Waals surface area contributed by atoms with E-state index in [4.69, 9.17) is 16.3 Å². The van der Waals surface area contributed by atoms with Crippen molar-refractivity contribution in [2.75, 3.05) is 20.7 Å². The van der Waals surface area contributed by atoms with Crippen molar-refractivity contribution in [3.8, 4) is 11.5 Å². The summed E-state index contributed by atoms with van der Waals surface area (Å²) in [5.74, 6) is 0.406. The zero-order valence-electron chi connectivity index (χ0n) is 12.3. The largest absolute Gasteiger partial charge is 0.503 e. The van der Waals surface area contributed by atoms with E-state index in [0.717, 1.165) is 25.1 Å². The minimum atomic E-state index is -0.00476. The summed E-state index contributed by atoms with van der Waals surface area (Å²) in [5.41, 5.74) is 2.34. The molecule has 0 unspecified atom stereocenters. The van der Waals surface area contributed by atoms with E-state index in [9.17, 15) is 5.11 Å². The molecule has 0 aliphatic carbocycles. The molecule has 112 valence electrons. The van der Waals surface area contributed by atoms with Crippen molar-refractivity contribution < 1.29 is 9.84 Å². The average Bonchev–Trinajstić information content (AvgIpc) is 2.49. The lowest BCUT2D eigenvalue weighted by molar-refractivity contribution is 0.328. The van der Waals surface area contributed by atoms with E-state index in [1.54, 1.807) is 6.07 Å². The fraction of sp³-hybridized carbons (Fsp3) is 0.294. The van der Waals surface area contributed by atoms with E-state index in [1.807, 2.05) is 12.1 Å². The summed E-state index contributed by atoms with van der Waals surface area (Å²) in [5, 5.41) is 10.1. The van der Waals surface area contributed by atoms with E-state index in [1.165, 1.54) is 12.7 Å². The van der Waals surface area contributed by atoms with E-state index in [2.05, 4.69) is 36.2 Å². The highest BCUT2D eigenvalue weighted by Gasteiger charge is 2.10. The van der Waals surface area contributed by atoms with Gasteiger partial charge in [0, 0.05) is 13.1 Å². The van der Waals surface area contributed by atoms with Crippen LogP contribution in [0.1, 0.15) is 11.1 Å². The molecule has 0 amide bonds. The molecule has 0 atom stereocenters. The van der Waals surface area contributed by atoms with Gasteiger partial charge < -0.3 is 14.7 Å². The molecule has 0 spiro atoms. The molecule has 2 aromatic rings. The predicted octanol–water partition coefficient (Wildman–Crippen LogP) is 3.73. The second-order valence-electron chi connectivity index (χ2n) is 5.10. The van der Waals surface area contributed by atoms with Crippen molar-refractivity contribution in [3.05, 3.63) is 58.6 Å². The summed E-state index contributed by atoms with van der Waals surface area (Å²) in [4.78, 5) is 2.22. The Morgan fingerprint density at radius 1 is 1.14 bits per heavy atom. The Labute approximate surface area is 130 Å². The van der Waals surface area contributed by atoms with Crippen LogP contribution in [-0.2, 0) is 13.0 Å². The fourth-order valence-electron chi connectivity index (χ4n) is 2.23. The molecule has 4 heteroatoms. The minimum Gasteiger partial charge on any atom is -0.503 e. The second-order valence-corrected chi connectivity index (χ2v) is 5.51. The molecule has 1 N–H and O–H groups in total. The molecule has 0 aliphatic heterocycles. The van der Waals surface area contributed by atoms with Crippen LogP contribution in [0.15, 0.2) is 42.5 Å². The SMILES string of the molecule is COc1cc(CN(C)CCc2ccccc2)cc(Cl)c1O. The quantitative estimate of drug-likeness (QED) is 0.882. The van der Waals surface area contributed by atoms with E-state index in [0.29, 0.717) is 10.8 Å². The number of likely N-dealkylation sites (N-methyl/N-ethyl adjacent to an activating group) is 1. The molecule has 0 saturated carbocycles. The van der Waals surface area contributed by atoms with Crippen LogP contribution >= 0.6 is 11.6 Å². The highest BCUT2D eigenvalue weighted by atomic mass is 35.5. The van der Waals surface area contributed by atoms with Gasteiger partial charge in [-0.25, -0.2) is 0 Å². The first-order valence-corrected chi connectivity index (χ1v) is 7.26. The lowest BCUT2D eigenvalue weighted by atomic mass is 10.1. The molecule has 2 rings (SSSR count). The average molecular weight is 306 g/mol. The Balaban J connectivity index is 1.96. The summed E-state index contributed by atoms with van der Waals surface area (Å²) in [6, 6.07) is 14.0. The first-order chi connectivity index (χ1) is 10.1. The summed E-state index contributed by atoms with van der Waals surface area (Å²) >= 11 is 6.01. The Morgan fingerprint density at radius 3 is 2.52 bits per heavy atom. The van der Waals surface area contributed by atoms with Crippen LogP contribution in [0.3, 0.4) is 0 Å². The van der Waals surface area contributed by atoms with E-state index < -0.39 is 0 Å². The third-order valence-corrected chi connectivity index (χ3v) is 3.67. The number of hydrogen-bond acceptors (Lipinski definition) is 3. The molecule has 0 bridgehead atoms. The van der Waals surface area contributed by atoms with Crippen LogP contribution in [0.5, 0.6) is 11.5 Å². The first kappa shape index (κ1) is 15.7. The van der Waals surface area contributed by atoms with Crippen molar-refractivity contribution in [1.82, 2.24) is 4.90 Å². The number of benzene rings is 2. The van der Waals surface area contributed by atoms with Crippen LogP contribution in [0.4, 0.5) is 0 Å². The molecule has 2 aromatic carbocycles. The zero-order valence-corrected chi connectivity index (χ0v) is 13.1. The van der Waals surface area contributed by atoms with Crippen molar-refractivity contribution in [3.63, 3.8) is 0 Å². The maximum atomic E-state index is 9.74. The number of hydrogen-bond donors (Lipinski definition) is 1. The highest BCUT2D eigenvalue weighted by Crippen LogP contribution is 2.35. The van der Waals surface area contributed by atoms with Gasteiger partial charge in [-0.2, -0.15) is 0 Å².